The highest BCUT2D eigenvalue weighted by Crippen LogP contribution is 2.35. The van der Waals surface area contributed by atoms with Crippen LogP contribution in [-0.4, -0.2) is 37.7 Å². The normalized spacial score (nSPS) is 18.3. The van der Waals surface area contributed by atoms with Crippen LogP contribution >= 0.6 is 23.1 Å². The highest BCUT2D eigenvalue weighted by atomic mass is 32.2. The Bertz CT molecular complexity index is 800. The van der Waals surface area contributed by atoms with Crippen LogP contribution in [0.3, 0.4) is 0 Å². The van der Waals surface area contributed by atoms with Gasteiger partial charge in [0.15, 0.2) is 16.7 Å². The van der Waals surface area contributed by atoms with Gasteiger partial charge < -0.3 is 10.2 Å². The molecule has 2 N–H and O–H groups in total. The molecule has 1 amide bonds. The number of thioether (sulfide) groups is 1. The number of phenols is 2. The molecule has 0 radical (unpaired) electrons. The second-order valence-corrected chi connectivity index (χ2v) is 6.50. The zero-order valence-electron chi connectivity index (χ0n) is 12.1. The van der Waals surface area contributed by atoms with Crippen molar-refractivity contribution in [3.63, 3.8) is 0 Å². The average Bonchev–Trinajstić information content (AvgIpc) is 3.12. The third-order valence-electron chi connectivity index (χ3n) is 3.11. The van der Waals surface area contributed by atoms with Gasteiger partial charge in [0.2, 0.25) is 5.13 Å². The molecule has 0 spiro atoms. The number of amidine groups is 1. The minimum absolute atomic E-state index is 0.139. The van der Waals surface area contributed by atoms with E-state index in [1.165, 1.54) is 35.2 Å². The molecule has 0 saturated carbocycles. The molecule has 0 atom stereocenters. The molecule has 2 aromatic rings. The predicted octanol–water partition coefficient (Wildman–Crippen LogP) is 3.18. The van der Waals surface area contributed by atoms with Gasteiger partial charge in [0.25, 0.3) is 5.91 Å². The van der Waals surface area contributed by atoms with Gasteiger partial charge in [0.05, 0.1) is 4.91 Å². The largest absolute Gasteiger partial charge is 0.504 e. The van der Waals surface area contributed by atoms with E-state index >= 15 is 0 Å². The van der Waals surface area contributed by atoms with Crippen LogP contribution < -0.4 is 0 Å². The molecule has 1 aromatic heterocycles. The van der Waals surface area contributed by atoms with Gasteiger partial charge in [-0.25, -0.2) is 4.98 Å². The van der Waals surface area contributed by atoms with E-state index < -0.39 is 0 Å². The number of aromatic nitrogens is 1. The Labute approximate surface area is 140 Å². The minimum Gasteiger partial charge on any atom is -0.504 e. The van der Waals surface area contributed by atoms with Crippen LogP contribution in [0.5, 0.6) is 11.5 Å². The first kappa shape index (κ1) is 15.6. The van der Waals surface area contributed by atoms with E-state index in [4.69, 9.17) is 0 Å². The molecule has 3 rings (SSSR count). The first-order chi connectivity index (χ1) is 11.1. The van der Waals surface area contributed by atoms with Crippen molar-refractivity contribution < 1.29 is 15.0 Å². The van der Waals surface area contributed by atoms with Gasteiger partial charge in [0.1, 0.15) is 0 Å². The summed E-state index contributed by atoms with van der Waals surface area (Å²) < 4.78 is 0. The van der Waals surface area contributed by atoms with E-state index in [1.54, 1.807) is 23.2 Å². The van der Waals surface area contributed by atoms with Crippen LogP contribution in [0, 0.1) is 0 Å². The maximum absolute atomic E-state index is 12.5. The number of carbonyl (C=O) groups excluding carboxylic acids is 1. The van der Waals surface area contributed by atoms with E-state index in [1.807, 2.05) is 12.3 Å². The van der Waals surface area contributed by atoms with Crippen LogP contribution in [0.15, 0.2) is 39.7 Å². The topological polar surface area (TPSA) is 86.0 Å². The Morgan fingerprint density at radius 1 is 1.35 bits per heavy atom. The summed E-state index contributed by atoms with van der Waals surface area (Å²) >= 11 is 2.67. The molecule has 0 unspecified atom stereocenters. The van der Waals surface area contributed by atoms with Gasteiger partial charge in [-0.15, -0.1) is 11.3 Å². The molecule has 1 aliphatic rings. The van der Waals surface area contributed by atoms with Crippen LogP contribution in [-0.2, 0) is 4.79 Å². The summed E-state index contributed by atoms with van der Waals surface area (Å²) in [6.45, 7) is 2.39. The van der Waals surface area contributed by atoms with Crippen molar-refractivity contribution in [2.24, 2.45) is 4.99 Å². The lowest BCUT2D eigenvalue weighted by atomic mass is 10.2. The zero-order chi connectivity index (χ0) is 16.4. The molecular weight excluding hydrogens is 334 g/mol. The van der Waals surface area contributed by atoms with Gasteiger partial charge in [-0.3, -0.25) is 9.69 Å². The van der Waals surface area contributed by atoms with Gasteiger partial charge in [-0.1, -0.05) is 6.07 Å². The molecule has 1 saturated heterocycles. The molecule has 118 valence electrons. The SMILES string of the molecule is CCN1C(=O)/C(=C/c2ccc(O)c(O)c2)S/C1=N/c1nccs1. The number of hydrogen-bond acceptors (Lipinski definition) is 7. The summed E-state index contributed by atoms with van der Waals surface area (Å²) in [5, 5.41) is 21.9. The number of phenolic OH excluding ortho intramolecular Hbond substituents is 2. The van der Waals surface area contributed by atoms with Gasteiger partial charge >= 0.3 is 0 Å². The molecule has 0 aliphatic carbocycles. The number of likely N-dealkylation sites (N-methyl/N-ethyl adjacent to an activating group) is 1. The predicted molar refractivity (Wildman–Crippen MR) is 91.9 cm³/mol. The highest BCUT2D eigenvalue weighted by Gasteiger charge is 2.32. The van der Waals surface area contributed by atoms with Crippen LogP contribution in [0.1, 0.15) is 12.5 Å². The van der Waals surface area contributed by atoms with Gasteiger partial charge in [0, 0.05) is 18.1 Å². The highest BCUT2D eigenvalue weighted by molar-refractivity contribution is 8.18. The molecule has 0 bridgehead atoms. The van der Waals surface area contributed by atoms with E-state index in [2.05, 4.69) is 9.98 Å². The summed E-state index contributed by atoms with van der Waals surface area (Å²) in [5.74, 6) is -0.557. The maximum atomic E-state index is 12.5. The van der Waals surface area contributed by atoms with Crippen molar-refractivity contribution in [1.29, 1.82) is 0 Å². The smallest absolute Gasteiger partial charge is 0.266 e. The first-order valence-corrected chi connectivity index (χ1v) is 8.49. The van der Waals surface area contributed by atoms with Gasteiger partial charge in [-0.2, -0.15) is 4.99 Å². The molecule has 2 heterocycles. The van der Waals surface area contributed by atoms with Crippen molar-refractivity contribution in [3.05, 3.63) is 40.2 Å². The fraction of sp³-hybridized carbons (Fsp3) is 0.133. The fourth-order valence-corrected chi connectivity index (χ4v) is 3.61. The Balaban J connectivity index is 1.93. The Morgan fingerprint density at radius 3 is 2.83 bits per heavy atom. The van der Waals surface area contributed by atoms with Crippen molar-refractivity contribution >= 4 is 45.4 Å². The quantitative estimate of drug-likeness (QED) is 0.658. The Kier molecular flexibility index (Phi) is 4.35. The molecule has 6 nitrogen and oxygen atoms in total. The Morgan fingerprint density at radius 2 is 2.17 bits per heavy atom. The minimum atomic E-state index is -0.223. The molecule has 8 heteroatoms. The standard InChI is InChI=1S/C15H13N3O3S2/c1-2-18-13(21)12(8-9-3-4-10(19)11(20)7-9)23-15(18)17-14-16-5-6-22-14/h3-8,19-20H,2H2,1H3/b12-8-,17-15+. The summed E-state index contributed by atoms with van der Waals surface area (Å²) in [4.78, 5) is 23.1. The lowest BCUT2D eigenvalue weighted by Gasteiger charge is -2.11. The van der Waals surface area contributed by atoms with Crippen LogP contribution in [0.4, 0.5) is 5.13 Å². The summed E-state index contributed by atoms with van der Waals surface area (Å²) in [7, 11) is 0. The Hall–Kier alpha value is -2.32. The van der Waals surface area contributed by atoms with Crippen molar-refractivity contribution in [2.75, 3.05) is 6.54 Å². The lowest BCUT2D eigenvalue weighted by molar-refractivity contribution is -0.122. The van der Waals surface area contributed by atoms with Crippen LogP contribution in [0.25, 0.3) is 6.08 Å². The molecule has 1 aromatic carbocycles. The average molecular weight is 347 g/mol. The van der Waals surface area contributed by atoms with E-state index in [0.29, 0.717) is 27.3 Å². The maximum Gasteiger partial charge on any atom is 0.266 e. The third-order valence-corrected chi connectivity index (χ3v) is 4.78. The molecule has 1 aliphatic heterocycles. The van der Waals surface area contributed by atoms with E-state index in [-0.39, 0.29) is 17.4 Å². The number of amides is 1. The summed E-state index contributed by atoms with van der Waals surface area (Å²) in [5.41, 5.74) is 0.628. The second kappa shape index (κ2) is 6.43. The second-order valence-electron chi connectivity index (χ2n) is 4.62. The van der Waals surface area contributed by atoms with Crippen LogP contribution in [0.2, 0.25) is 0 Å². The number of aliphatic imine (C=N–C) groups is 1. The number of hydrogen-bond donors (Lipinski definition) is 2. The zero-order valence-corrected chi connectivity index (χ0v) is 13.8. The van der Waals surface area contributed by atoms with Crippen molar-refractivity contribution in [1.82, 2.24) is 9.88 Å². The number of nitrogens with zero attached hydrogens (tertiary/aromatic N) is 3. The third kappa shape index (κ3) is 3.22. The summed E-state index contributed by atoms with van der Waals surface area (Å²) in [6, 6.07) is 4.42. The van der Waals surface area contributed by atoms with E-state index in [9.17, 15) is 15.0 Å². The number of carbonyl (C=O) groups is 1. The molecule has 1 fully saturated rings. The van der Waals surface area contributed by atoms with Crippen molar-refractivity contribution in [2.45, 2.75) is 6.92 Å². The number of aromatic hydroxyl groups is 2. The monoisotopic (exact) mass is 347 g/mol. The summed E-state index contributed by atoms with van der Waals surface area (Å²) in [6.07, 6.45) is 3.33. The lowest BCUT2D eigenvalue weighted by Crippen LogP contribution is -2.28. The van der Waals surface area contributed by atoms with Crippen molar-refractivity contribution in [3.8, 4) is 11.5 Å². The number of rotatable bonds is 3. The number of thiazole rings is 1. The molecular formula is C15H13N3O3S2. The van der Waals surface area contributed by atoms with Gasteiger partial charge in [-0.05, 0) is 42.5 Å². The number of benzene rings is 1. The fourth-order valence-electron chi connectivity index (χ4n) is 2.00. The van der Waals surface area contributed by atoms with E-state index in [0.717, 1.165) is 0 Å². The molecule has 23 heavy (non-hydrogen) atoms. The first-order valence-electron chi connectivity index (χ1n) is 6.80.